The number of sulfonamides is 1. The van der Waals surface area contributed by atoms with Crippen LogP contribution >= 0.6 is 0 Å². The van der Waals surface area contributed by atoms with E-state index in [-0.39, 0.29) is 28.1 Å². The summed E-state index contributed by atoms with van der Waals surface area (Å²) in [5, 5.41) is 9.91. The van der Waals surface area contributed by atoms with Gasteiger partial charge in [0, 0.05) is 5.56 Å². The van der Waals surface area contributed by atoms with E-state index in [9.17, 15) is 22.0 Å². The molecule has 0 atom stereocenters. The molecular formula is C21H14F2N4O4S. The van der Waals surface area contributed by atoms with Crippen molar-refractivity contribution in [3.63, 3.8) is 0 Å². The van der Waals surface area contributed by atoms with Crippen LogP contribution < -0.4 is 10.0 Å². The van der Waals surface area contributed by atoms with Crippen molar-refractivity contribution in [1.29, 1.82) is 0 Å². The summed E-state index contributed by atoms with van der Waals surface area (Å²) in [7, 11) is -4.07. The summed E-state index contributed by atoms with van der Waals surface area (Å²) in [6.45, 7) is 0. The van der Waals surface area contributed by atoms with Gasteiger partial charge in [-0.15, -0.1) is 5.10 Å². The average molecular weight is 456 g/mol. The number of benzene rings is 3. The summed E-state index contributed by atoms with van der Waals surface area (Å²) in [6, 6.07) is 15.2. The maximum Gasteiger partial charge on any atom is 0.322 e. The van der Waals surface area contributed by atoms with Gasteiger partial charge in [-0.05, 0) is 60.7 Å². The number of hydrogen-bond donors (Lipinski definition) is 2. The minimum absolute atomic E-state index is 0.00685. The van der Waals surface area contributed by atoms with Crippen molar-refractivity contribution in [3.05, 3.63) is 90.0 Å². The number of hydrogen-bond acceptors (Lipinski definition) is 6. The Morgan fingerprint density at radius 1 is 0.844 bits per heavy atom. The number of anilines is 2. The van der Waals surface area contributed by atoms with Crippen LogP contribution in [0, 0.1) is 11.6 Å². The SMILES string of the molecule is O=C(Nc1nnc(-c2ccc(F)cc2)o1)c1ccccc1NS(=O)(=O)c1ccc(F)cc1. The van der Waals surface area contributed by atoms with Gasteiger partial charge < -0.3 is 4.42 Å². The molecule has 1 amide bonds. The molecule has 0 radical (unpaired) electrons. The summed E-state index contributed by atoms with van der Waals surface area (Å²) < 4.78 is 59.0. The zero-order chi connectivity index (χ0) is 22.7. The normalized spacial score (nSPS) is 11.2. The van der Waals surface area contributed by atoms with E-state index in [1.807, 2.05) is 0 Å². The van der Waals surface area contributed by atoms with Crippen molar-refractivity contribution >= 4 is 27.6 Å². The van der Waals surface area contributed by atoms with E-state index in [0.717, 1.165) is 24.3 Å². The fourth-order valence-electron chi connectivity index (χ4n) is 2.73. The lowest BCUT2D eigenvalue weighted by molar-refractivity contribution is 0.102. The molecule has 2 N–H and O–H groups in total. The van der Waals surface area contributed by atoms with Crippen molar-refractivity contribution in [2.24, 2.45) is 0 Å². The maximum atomic E-state index is 13.1. The Morgan fingerprint density at radius 2 is 1.47 bits per heavy atom. The first-order chi connectivity index (χ1) is 15.3. The highest BCUT2D eigenvalue weighted by Gasteiger charge is 2.20. The van der Waals surface area contributed by atoms with Crippen LogP contribution in [0.2, 0.25) is 0 Å². The third kappa shape index (κ3) is 4.62. The van der Waals surface area contributed by atoms with Crippen LogP contribution in [0.1, 0.15) is 10.4 Å². The van der Waals surface area contributed by atoms with E-state index in [4.69, 9.17) is 4.42 Å². The lowest BCUT2D eigenvalue weighted by Gasteiger charge is -2.12. The van der Waals surface area contributed by atoms with Gasteiger partial charge in [0.05, 0.1) is 16.1 Å². The maximum absolute atomic E-state index is 13.1. The molecule has 11 heteroatoms. The number of nitrogens with one attached hydrogen (secondary N) is 2. The summed E-state index contributed by atoms with van der Waals surface area (Å²) >= 11 is 0. The molecule has 4 aromatic rings. The van der Waals surface area contributed by atoms with Crippen molar-refractivity contribution in [1.82, 2.24) is 10.2 Å². The second-order valence-electron chi connectivity index (χ2n) is 6.48. The number of aromatic nitrogens is 2. The quantitative estimate of drug-likeness (QED) is 0.452. The van der Waals surface area contributed by atoms with Gasteiger partial charge in [0.15, 0.2) is 0 Å². The molecule has 0 aliphatic rings. The Morgan fingerprint density at radius 3 is 2.16 bits per heavy atom. The van der Waals surface area contributed by atoms with Crippen LogP contribution in [0.3, 0.4) is 0 Å². The van der Waals surface area contributed by atoms with Gasteiger partial charge in [0.1, 0.15) is 11.6 Å². The fraction of sp³-hybridized carbons (Fsp3) is 0. The number of para-hydroxylation sites is 1. The number of carbonyl (C=O) groups excluding carboxylic acids is 1. The van der Waals surface area contributed by atoms with Gasteiger partial charge in [-0.2, -0.15) is 0 Å². The summed E-state index contributed by atoms with van der Waals surface area (Å²) in [5.41, 5.74) is 0.430. The second-order valence-corrected chi connectivity index (χ2v) is 8.16. The molecular weight excluding hydrogens is 442 g/mol. The fourth-order valence-corrected chi connectivity index (χ4v) is 3.81. The first kappa shape index (κ1) is 21.1. The zero-order valence-electron chi connectivity index (χ0n) is 16.1. The molecule has 1 aromatic heterocycles. The number of rotatable bonds is 6. The highest BCUT2D eigenvalue weighted by molar-refractivity contribution is 7.92. The van der Waals surface area contributed by atoms with Crippen LogP contribution in [-0.2, 0) is 10.0 Å². The summed E-state index contributed by atoms with van der Waals surface area (Å²) in [5.74, 6) is -1.66. The van der Waals surface area contributed by atoms with Gasteiger partial charge in [-0.1, -0.05) is 17.2 Å². The van der Waals surface area contributed by atoms with Gasteiger partial charge >= 0.3 is 6.01 Å². The van der Waals surface area contributed by atoms with Crippen LogP contribution in [0.5, 0.6) is 0 Å². The molecule has 0 spiro atoms. The van der Waals surface area contributed by atoms with Crippen molar-refractivity contribution in [3.8, 4) is 11.5 Å². The molecule has 0 saturated heterocycles. The molecule has 162 valence electrons. The first-order valence-electron chi connectivity index (χ1n) is 9.10. The van der Waals surface area contributed by atoms with Crippen LogP contribution in [-0.4, -0.2) is 24.5 Å². The van der Waals surface area contributed by atoms with Crippen molar-refractivity contribution < 1.29 is 26.4 Å². The molecule has 0 aliphatic carbocycles. The van der Waals surface area contributed by atoms with Gasteiger partial charge in [0.25, 0.3) is 15.9 Å². The number of halogens is 2. The van der Waals surface area contributed by atoms with E-state index in [1.165, 1.54) is 36.4 Å². The van der Waals surface area contributed by atoms with E-state index in [0.29, 0.717) is 5.56 Å². The Balaban J connectivity index is 1.54. The molecule has 1 heterocycles. The molecule has 0 fully saturated rings. The molecule has 0 saturated carbocycles. The predicted molar refractivity (Wildman–Crippen MR) is 111 cm³/mol. The second kappa shape index (κ2) is 8.55. The Labute approximate surface area is 181 Å². The van der Waals surface area contributed by atoms with E-state index in [2.05, 4.69) is 20.2 Å². The van der Waals surface area contributed by atoms with Gasteiger partial charge in [0.2, 0.25) is 5.89 Å². The molecule has 0 unspecified atom stereocenters. The van der Waals surface area contributed by atoms with Crippen molar-refractivity contribution in [2.75, 3.05) is 10.0 Å². The summed E-state index contributed by atoms with van der Waals surface area (Å²) in [4.78, 5) is 12.5. The number of amides is 1. The minimum Gasteiger partial charge on any atom is -0.403 e. The van der Waals surface area contributed by atoms with E-state index >= 15 is 0 Å². The molecule has 4 rings (SSSR count). The van der Waals surface area contributed by atoms with Crippen LogP contribution in [0.25, 0.3) is 11.5 Å². The topological polar surface area (TPSA) is 114 Å². The lowest BCUT2D eigenvalue weighted by atomic mass is 10.2. The Kier molecular flexibility index (Phi) is 5.65. The predicted octanol–water partition coefficient (Wildman–Crippen LogP) is 4.07. The van der Waals surface area contributed by atoms with Crippen molar-refractivity contribution in [2.45, 2.75) is 4.90 Å². The summed E-state index contributed by atoms with van der Waals surface area (Å²) in [6.07, 6.45) is 0. The Hall–Kier alpha value is -4.12. The van der Waals surface area contributed by atoms with Crippen LogP contribution in [0.15, 0.2) is 82.1 Å². The third-order valence-electron chi connectivity index (χ3n) is 4.28. The van der Waals surface area contributed by atoms with E-state index in [1.54, 1.807) is 12.1 Å². The third-order valence-corrected chi connectivity index (χ3v) is 5.66. The molecule has 0 aliphatic heterocycles. The van der Waals surface area contributed by atoms with Crippen LogP contribution in [0.4, 0.5) is 20.5 Å². The van der Waals surface area contributed by atoms with Gasteiger partial charge in [-0.3, -0.25) is 14.8 Å². The van der Waals surface area contributed by atoms with E-state index < -0.39 is 27.6 Å². The highest BCUT2D eigenvalue weighted by Crippen LogP contribution is 2.23. The smallest absolute Gasteiger partial charge is 0.322 e. The molecule has 8 nitrogen and oxygen atoms in total. The number of carbonyl (C=O) groups is 1. The molecule has 0 bridgehead atoms. The molecule has 3 aromatic carbocycles. The number of nitrogens with zero attached hydrogens (tertiary/aromatic N) is 2. The molecule has 32 heavy (non-hydrogen) atoms. The minimum atomic E-state index is -4.07. The first-order valence-corrected chi connectivity index (χ1v) is 10.6. The zero-order valence-corrected chi connectivity index (χ0v) is 16.9. The highest BCUT2D eigenvalue weighted by atomic mass is 32.2. The largest absolute Gasteiger partial charge is 0.403 e. The monoisotopic (exact) mass is 456 g/mol. The van der Waals surface area contributed by atoms with Gasteiger partial charge in [-0.25, -0.2) is 17.2 Å². The average Bonchev–Trinajstić information content (AvgIpc) is 3.23. The lowest BCUT2D eigenvalue weighted by Crippen LogP contribution is -2.18. The Bertz CT molecular complexity index is 1370. The standard InChI is InChI=1S/C21H14F2N4O4S/c22-14-7-5-13(6-8-14)20-25-26-21(31-20)24-19(28)17-3-1-2-4-18(17)27-32(29,30)16-11-9-15(23)10-12-16/h1-12,27H,(H,24,26,28).